The number of esters is 1. The van der Waals surface area contributed by atoms with E-state index in [9.17, 15) is 14.7 Å². The van der Waals surface area contributed by atoms with E-state index in [-0.39, 0.29) is 17.9 Å². The Balaban J connectivity index is 1.85. The second kappa shape index (κ2) is 6.65. The third-order valence-corrected chi connectivity index (χ3v) is 6.87. The van der Waals surface area contributed by atoms with E-state index in [0.29, 0.717) is 29.8 Å². The van der Waals surface area contributed by atoms with Crippen molar-refractivity contribution in [3.63, 3.8) is 0 Å². The molecule has 3 aromatic rings. The lowest BCUT2D eigenvalue weighted by atomic mass is 9.85. The van der Waals surface area contributed by atoms with Crippen LogP contribution in [0.25, 0.3) is 22.3 Å². The second-order valence-electron chi connectivity index (χ2n) is 8.15. The lowest BCUT2D eigenvalue weighted by molar-refractivity contribution is -0.176. The number of aromatic nitrogens is 2. The molecule has 1 N–H and O–H groups in total. The van der Waals surface area contributed by atoms with Gasteiger partial charge in [-0.3, -0.25) is 4.79 Å². The quantitative estimate of drug-likeness (QED) is 0.512. The van der Waals surface area contributed by atoms with Crippen LogP contribution in [0.15, 0.2) is 23.0 Å². The van der Waals surface area contributed by atoms with Gasteiger partial charge in [-0.1, -0.05) is 13.8 Å². The van der Waals surface area contributed by atoms with Crippen molar-refractivity contribution in [1.29, 1.82) is 0 Å². The van der Waals surface area contributed by atoms with Gasteiger partial charge in [-0.2, -0.15) is 0 Å². The number of carbonyl (C=O) groups is 1. The van der Waals surface area contributed by atoms with Crippen LogP contribution in [0.1, 0.15) is 48.1 Å². The topological polar surface area (TPSA) is 90.7 Å². The largest absolute Gasteiger partial charge is 0.508 e. The van der Waals surface area contributed by atoms with E-state index in [2.05, 4.69) is 6.92 Å². The predicted octanol–water partition coefficient (Wildman–Crippen LogP) is 3.31. The van der Waals surface area contributed by atoms with Gasteiger partial charge < -0.3 is 19.1 Å². The van der Waals surface area contributed by atoms with Crippen LogP contribution in [0.3, 0.4) is 0 Å². The predicted molar refractivity (Wildman–Crippen MR) is 115 cm³/mol. The summed E-state index contributed by atoms with van der Waals surface area (Å²) in [6.07, 6.45) is 1.10. The highest BCUT2D eigenvalue weighted by atomic mass is 16.6. The molecule has 2 aliphatic heterocycles. The zero-order chi connectivity index (χ0) is 22.1. The number of rotatable bonds is 3. The molecule has 2 aromatic heterocycles. The van der Waals surface area contributed by atoms with Crippen molar-refractivity contribution in [2.45, 2.75) is 52.4 Å². The number of aromatic hydroxyl groups is 1. The minimum absolute atomic E-state index is 0.0578. The first kappa shape index (κ1) is 19.8. The Kier molecular flexibility index (Phi) is 4.24. The standard InChI is InChI=1S/C24H24N2O5/c1-5-13-14-10-26-18(21(14)25-17-7-8-19(27)12(3)20(13)17)9-16-15(22(26)28)11-31-23(29)24(16,6-2)30-4/h7-9,27H,5-6,10-11H2,1-4H3/t24-/m0/s1. The lowest BCUT2D eigenvalue weighted by Gasteiger charge is -2.35. The van der Waals surface area contributed by atoms with E-state index in [1.54, 1.807) is 16.7 Å². The number of methoxy groups -OCH3 is 1. The van der Waals surface area contributed by atoms with Crippen molar-refractivity contribution in [3.8, 4) is 17.1 Å². The molecule has 2 aliphatic rings. The van der Waals surface area contributed by atoms with Gasteiger partial charge in [0.2, 0.25) is 0 Å². The van der Waals surface area contributed by atoms with E-state index in [1.165, 1.54) is 7.11 Å². The van der Waals surface area contributed by atoms with E-state index < -0.39 is 11.6 Å². The number of hydrogen-bond donors (Lipinski definition) is 1. The highest BCUT2D eigenvalue weighted by molar-refractivity contribution is 5.92. The zero-order valence-electron chi connectivity index (χ0n) is 18.0. The van der Waals surface area contributed by atoms with Gasteiger partial charge in [0, 0.05) is 29.2 Å². The van der Waals surface area contributed by atoms with Crippen LogP contribution in [0, 0.1) is 6.92 Å². The number of fused-ring (bicyclic) bond motifs is 5. The van der Waals surface area contributed by atoms with E-state index in [0.717, 1.165) is 39.7 Å². The minimum atomic E-state index is -1.29. The number of phenolic OH excluding ortho intramolecular Hbond substituents is 1. The maximum atomic E-state index is 13.5. The van der Waals surface area contributed by atoms with E-state index in [1.807, 2.05) is 19.9 Å². The Labute approximate surface area is 179 Å². The molecule has 0 unspecified atom stereocenters. The van der Waals surface area contributed by atoms with Crippen LogP contribution in [-0.2, 0) is 39.4 Å². The Morgan fingerprint density at radius 2 is 2.03 bits per heavy atom. The SMILES string of the molecule is CCc1c2c(nc3ccc(O)c(C)c13)-c1cc3c(c(=O)n1C2)COC(=O)[C@@]3(CC)OC. The van der Waals surface area contributed by atoms with Crippen LogP contribution < -0.4 is 5.56 Å². The number of pyridine rings is 2. The monoisotopic (exact) mass is 420 g/mol. The third-order valence-electron chi connectivity index (χ3n) is 6.87. The molecule has 0 fully saturated rings. The molecule has 1 aromatic carbocycles. The molecule has 0 radical (unpaired) electrons. The average molecular weight is 420 g/mol. The Hall–Kier alpha value is -3.19. The normalized spacial score (nSPS) is 19.2. The Morgan fingerprint density at radius 3 is 2.71 bits per heavy atom. The number of benzene rings is 1. The molecule has 1 atom stereocenters. The van der Waals surface area contributed by atoms with E-state index >= 15 is 0 Å². The van der Waals surface area contributed by atoms with Crippen molar-refractivity contribution in [1.82, 2.24) is 9.55 Å². The molecule has 7 heteroatoms. The number of carbonyl (C=O) groups excluding carboxylic acids is 1. The molecule has 4 heterocycles. The van der Waals surface area contributed by atoms with Crippen molar-refractivity contribution < 1.29 is 19.4 Å². The summed E-state index contributed by atoms with van der Waals surface area (Å²) in [6, 6.07) is 5.33. The number of phenols is 1. The van der Waals surface area contributed by atoms with Crippen LogP contribution in [0.2, 0.25) is 0 Å². The Morgan fingerprint density at radius 1 is 1.26 bits per heavy atom. The molecule has 0 spiro atoms. The summed E-state index contributed by atoms with van der Waals surface area (Å²) in [6.45, 7) is 6.13. The molecule has 0 saturated heterocycles. The van der Waals surface area contributed by atoms with Gasteiger partial charge >= 0.3 is 5.97 Å². The summed E-state index contributed by atoms with van der Waals surface area (Å²) in [5.74, 6) is -0.241. The smallest absolute Gasteiger partial charge is 0.343 e. The average Bonchev–Trinajstić information content (AvgIpc) is 3.14. The molecule has 0 bridgehead atoms. The summed E-state index contributed by atoms with van der Waals surface area (Å²) in [4.78, 5) is 31.0. The van der Waals surface area contributed by atoms with Crippen LogP contribution in [-0.4, -0.2) is 27.7 Å². The molecular formula is C24H24N2O5. The van der Waals surface area contributed by atoms with Crippen molar-refractivity contribution in [3.05, 3.63) is 56.4 Å². The Bertz CT molecular complexity index is 1330. The molecule has 31 heavy (non-hydrogen) atoms. The first-order valence-electron chi connectivity index (χ1n) is 10.5. The van der Waals surface area contributed by atoms with Gasteiger partial charge in [-0.15, -0.1) is 0 Å². The van der Waals surface area contributed by atoms with Crippen molar-refractivity contribution >= 4 is 16.9 Å². The fourth-order valence-corrected chi connectivity index (χ4v) is 5.15. The highest BCUT2D eigenvalue weighted by Crippen LogP contribution is 2.42. The molecule has 0 amide bonds. The maximum Gasteiger partial charge on any atom is 0.343 e. The summed E-state index contributed by atoms with van der Waals surface area (Å²) >= 11 is 0. The first-order valence-corrected chi connectivity index (χ1v) is 10.5. The van der Waals surface area contributed by atoms with Gasteiger partial charge in [0.15, 0.2) is 5.60 Å². The van der Waals surface area contributed by atoms with E-state index in [4.69, 9.17) is 14.5 Å². The van der Waals surface area contributed by atoms with Gasteiger partial charge in [0.1, 0.15) is 12.4 Å². The van der Waals surface area contributed by atoms with Crippen LogP contribution >= 0.6 is 0 Å². The number of aryl methyl sites for hydroxylation is 2. The van der Waals surface area contributed by atoms with Crippen LogP contribution in [0.4, 0.5) is 0 Å². The fourth-order valence-electron chi connectivity index (χ4n) is 5.15. The van der Waals surface area contributed by atoms with Gasteiger partial charge in [0.05, 0.1) is 29.0 Å². The zero-order valence-corrected chi connectivity index (χ0v) is 18.0. The molecule has 5 rings (SSSR count). The summed E-state index contributed by atoms with van der Waals surface area (Å²) in [5.41, 5.74) is 4.60. The number of cyclic esters (lactones) is 1. The van der Waals surface area contributed by atoms with Crippen molar-refractivity contribution in [2.24, 2.45) is 0 Å². The summed E-state index contributed by atoms with van der Waals surface area (Å²) < 4.78 is 12.7. The van der Waals surface area contributed by atoms with Crippen molar-refractivity contribution in [2.75, 3.05) is 7.11 Å². The number of hydrogen-bond acceptors (Lipinski definition) is 6. The fraction of sp³-hybridized carbons (Fsp3) is 0.375. The third kappa shape index (κ3) is 2.41. The first-order chi connectivity index (χ1) is 14.9. The van der Waals surface area contributed by atoms with Gasteiger partial charge in [-0.05, 0) is 43.5 Å². The molecule has 0 aliphatic carbocycles. The summed E-state index contributed by atoms with van der Waals surface area (Å²) in [7, 11) is 1.47. The molecular weight excluding hydrogens is 396 g/mol. The number of nitrogens with zero attached hydrogens (tertiary/aromatic N) is 2. The van der Waals surface area contributed by atoms with Gasteiger partial charge in [0.25, 0.3) is 5.56 Å². The minimum Gasteiger partial charge on any atom is -0.508 e. The molecule has 0 saturated carbocycles. The highest BCUT2D eigenvalue weighted by Gasteiger charge is 2.47. The molecule has 160 valence electrons. The summed E-state index contributed by atoms with van der Waals surface area (Å²) in [5, 5.41) is 11.2. The number of ether oxygens (including phenoxy) is 2. The van der Waals surface area contributed by atoms with Crippen LogP contribution in [0.5, 0.6) is 5.75 Å². The maximum absolute atomic E-state index is 13.5. The second-order valence-corrected chi connectivity index (χ2v) is 8.15. The lowest BCUT2D eigenvalue weighted by Crippen LogP contribution is -2.45. The van der Waals surface area contributed by atoms with Gasteiger partial charge in [-0.25, -0.2) is 9.78 Å². The molecule has 7 nitrogen and oxygen atoms in total.